The Morgan fingerprint density at radius 2 is 2.00 bits per heavy atom. The summed E-state index contributed by atoms with van der Waals surface area (Å²) in [5.41, 5.74) is 4.57. The Morgan fingerprint density at radius 3 is 2.78 bits per heavy atom. The largest absolute Gasteiger partial charge is 0.489 e. The van der Waals surface area contributed by atoms with Crippen molar-refractivity contribution < 1.29 is 13.9 Å². The molecule has 0 saturated heterocycles. The van der Waals surface area contributed by atoms with Crippen LogP contribution in [0.2, 0.25) is 0 Å². The van der Waals surface area contributed by atoms with Crippen LogP contribution in [-0.4, -0.2) is 20.7 Å². The number of fused-ring (bicyclic) bond motifs is 1. The van der Waals surface area contributed by atoms with Crippen LogP contribution in [0.3, 0.4) is 0 Å². The van der Waals surface area contributed by atoms with Crippen molar-refractivity contribution in [2.75, 3.05) is 5.32 Å². The zero-order valence-electron chi connectivity index (χ0n) is 17.9. The number of nitrogens with zero attached hydrogens (tertiary/aromatic N) is 3. The van der Waals surface area contributed by atoms with E-state index in [9.17, 15) is 9.18 Å². The minimum atomic E-state index is -0.344. The van der Waals surface area contributed by atoms with Crippen LogP contribution in [-0.2, 0) is 13.7 Å². The fourth-order valence-electron chi connectivity index (χ4n) is 3.89. The number of halogens is 1. The lowest BCUT2D eigenvalue weighted by molar-refractivity contribution is 0.102. The minimum absolute atomic E-state index is 0.196. The number of carbonyl (C=O) groups excluding carboxylic acids is 1. The maximum absolute atomic E-state index is 13.3. The number of ether oxygens (including phenoxy) is 1. The van der Waals surface area contributed by atoms with Gasteiger partial charge in [0.2, 0.25) is 0 Å². The molecule has 0 unspecified atom stereocenters. The third-order valence-corrected chi connectivity index (χ3v) is 5.62. The molecule has 32 heavy (non-hydrogen) atoms. The van der Waals surface area contributed by atoms with E-state index >= 15 is 0 Å². The van der Waals surface area contributed by atoms with Gasteiger partial charge in [0, 0.05) is 30.4 Å². The highest BCUT2D eigenvalue weighted by Crippen LogP contribution is 2.40. The van der Waals surface area contributed by atoms with Crippen LogP contribution in [0, 0.1) is 12.7 Å². The van der Waals surface area contributed by atoms with Crippen LogP contribution >= 0.6 is 0 Å². The van der Waals surface area contributed by atoms with Crippen LogP contribution in [0.5, 0.6) is 5.75 Å². The van der Waals surface area contributed by atoms with E-state index in [0.29, 0.717) is 22.9 Å². The van der Waals surface area contributed by atoms with Gasteiger partial charge in [-0.3, -0.25) is 9.48 Å². The fourth-order valence-corrected chi connectivity index (χ4v) is 3.89. The number of amides is 1. The second-order valence-corrected chi connectivity index (χ2v) is 8.18. The predicted molar refractivity (Wildman–Crippen MR) is 120 cm³/mol. The van der Waals surface area contributed by atoms with Crippen molar-refractivity contribution in [2.45, 2.75) is 32.3 Å². The molecular formula is C25H23FN4O2. The monoisotopic (exact) mass is 430 g/mol. The summed E-state index contributed by atoms with van der Waals surface area (Å²) in [6.45, 7) is 2.15. The summed E-state index contributed by atoms with van der Waals surface area (Å²) in [6.07, 6.45) is 2.20. The molecule has 1 saturated carbocycles. The Balaban J connectivity index is 1.38. The molecule has 1 aliphatic carbocycles. The Bertz CT molecular complexity index is 1330. The molecule has 7 heteroatoms. The van der Waals surface area contributed by atoms with Crippen molar-refractivity contribution >= 4 is 22.6 Å². The molecule has 6 nitrogen and oxygen atoms in total. The summed E-state index contributed by atoms with van der Waals surface area (Å²) >= 11 is 0. The summed E-state index contributed by atoms with van der Waals surface area (Å²) in [7, 11) is 1.85. The van der Waals surface area contributed by atoms with E-state index in [0.717, 1.165) is 40.8 Å². The van der Waals surface area contributed by atoms with E-state index in [1.54, 1.807) is 16.8 Å². The minimum Gasteiger partial charge on any atom is -0.489 e. The molecule has 0 atom stereocenters. The van der Waals surface area contributed by atoms with Gasteiger partial charge >= 0.3 is 0 Å². The molecule has 0 spiro atoms. The number of hydrogen-bond acceptors (Lipinski definition) is 4. The lowest BCUT2D eigenvalue weighted by Gasteiger charge is -2.11. The van der Waals surface area contributed by atoms with Crippen LogP contribution in [0.1, 0.15) is 46.1 Å². The zero-order chi connectivity index (χ0) is 22.2. The third kappa shape index (κ3) is 4.06. The van der Waals surface area contributed by atoms with E-state index in [2.05, 4.69) is 10.4 Å². The molecule has 4 aromatic rings. The SMILES string of the molecule is Cc1nn(C)c2nc(C3CC3)cc(C(=O)Nc3cccc(COc4cccc(F)c4)c3)c12. The molecular weight excluding hydrogens is 407 g/mol. The van der Waals surface area contributed by atoms with Gasteiger partial charge in [-0.2, -0.15) is 5.10 Å². The van der Waals surface area contributed by atoms with Gasteiger partial charge in [-0.1, -0.05) is 18.2 Å². The number of rotatable bonds is 6. The zero-order valence-corrected chi connectivity index (χ0v) is 17.9. The molecule has 1 amide bonds. The van der Waals surface area contributed by atoms with Crippen molar-refractivity contribution in [3.8, 4) is 5.75 Å². The number of anilines is 1. The van der Waals surface area contributed by atoms with Crippen molar-refractivity contribution in [1.29, 1.82) is 0 Å². The van der Waals surface area contributed by atoms with Crippen LogP contribution in [0.4, 0.5) is 10.1 Å². The molecule has 0 bridgehead atoms. The Kier molecular flexibility index (Phi) is 5.09. The number of benzene rings is 2. The highest BCUT2D eigenvalue weighted by atomic mass is 19.1. The van der Waals surface area contributed by atoms with E-state index in [1.165, 1.54) is 12.1 Å². The molecule has 1 fully saturated rings. The first kappa shape index (κ1) is 20.2. The topological polar surface area (TPSA) is 69.0 Å². The first-order valence-corrected chi connectivity index (χ1v) is 10.6. The summed E-state index contributed by atoms with van der Waals surface area (Å²) in [6, 6.07) is 15.4. The van der Waals surface area contributed by atoms with Crippen molar-refractivity contribution in [2.24, 2.45) is 7.05 Å². The fraction of sp³-hybridized carbons (Fsp3) is 0.240. The normalized spacial score (nSPS) is 13.3. The third-order valence-electron chi connectivity index (χ3n) is 5.62. The molecule has 5 rings (SSSR count). The van der Waals surface area contributed by atoms with Crippen LogP contribution in [0.25, 0.3) is 11.0 Å². The standard InChI is InChI=1S/C25H23FN4O2/c1-15-23-21(13-22(17-9-10-17)28-24(23)30(2)29-15)25(31)27-19-7-3-5-16(11-19)14-32-20-8-4-6-18(26)12-20/h3-8,11-13,17H,9-10,14H2,1-2H3,(H,27,31). The first-order chi connectivity index (χ1) is 15.5. The van der Waals surface area contributed by atoms with Crippen molar-refractivity contribution in [1.82, 2.24) is 14.8 Å². The summed E-state index contributed by atoms with van der Waals surface area (Å²) in [5.74, 6) is 0.338. The molecule has 0 aliphatic heterocycles. The average Bonchev–Trinajstić information content (AvgIpc) is 3.58. The molecule has 0 radical (unpaired) electrons. The molecule has 1 N–H and O–H groups in total. The van der Waals surface area contributed by atoms with E-state index in [4.69, 9.17) is 9.72 Å². The summed E-state index contributed by atoms with van der Waals surface area (Å²) in [4.78, 5) is 18.0. The first-order valence-electron chi connectivity index (χ1n) is 10.6. The molecule has 162 valence electrons. The van der Waals surface area contributed by atoms with Gasteiger partial charge in [0.25, 0.3) is 5.91 Å². The van der Waals surface area contributed by atoms with Gasteiger partial charge in [-0.15, -0.1) is 0 Å². The van der Waals surface area contributed by atoms with Gasteiger partial charge in [0.15, 0.2) is 5.65 Å². The lowest BCUT2D eigenvalue weighted by atomic mass is 10.1. The Hall–Kier alpha value is -3.74. The van der Waals surface area contributed by atoms with Gasteiger partial charge in [0.05, 0.1) is 16.6 Å². The molecule has 1 aliphatic rings. The summed E-state index contributed by atoms with van der Waals surface area (Å²) < 4.78 is 20.8. The second kappa shape index (κ2) is 8.07. The van der Waals surface area contributed by atoms with E-state index in [-0.39, 0.29) is 18.3 Å². The van der Waals surface area contributed by atoms with Crippen molar-refractivity contribution in [3.05, 3.63) is 82.9 Å². The Morgan fingerprint density at radius 1 is 1.19 bits per heavy atom. The smallest absolute Gasteiger partial charge is 0.256 e. The highest BCUT2D eigenvalue weighted by Gasteiger charge is 2.28. The number of hydrogen-bond donors (Lipinski definition) is 1. The van der Waals surface area contributed by atoms with E-state index in [1.807, 2.05) is 44.3 Å². The van der Waals surface area contributed by atoms with Crippen molar-refractivity contribution in [3.63, 3.8) is 0 Å². The van der Waals surface area contributed by atoms with Crippen LogP contribution in [0.15, 0.2) is 54.6 Å². The highest BCUT2D eigenvalue weighted by molar-refractivity contribution is 6.12. The average molecular weight is 430 g/mol. The number of carbonyl (C=O) groups is 1. The van der Waals surface area contributed by atoms with Gasteiger partial charge in [-0.05, 0) is 55.7 Å². The Labute approximate surface area is 185 Å². The van der Waals surface area contributed by atoms with Gasteiger partial charge in [-0.25, -0.2) is 9.37 Å². The number of pyridine rings is 1. The molecule has 2 aromatic carbocycles. The lowest BCUT2D eigenvalue weighted by Crippen LogP contribution is -2.14. The second-order valence-electron chi connectivity index (χ2n) is 8.18. The molecule has 2 aromatic heterocycles. The molecule has 2 heterocycles. The predicted octanol–water partition coefficient (Wildman–Crippen LogP) is 5.12. The summed E-state index contributed by atoms with van der Waals surface area (Å²) in [5, 5.41) is 8.25. The number of aryl methyl sites for hydroxylation is 2. The maximum Gasteiger partial charge on any atom is 0.256 e. The number of nitrogens with one attached hydrogen (secondary N) is 1. The van der Waals surface area contributed by atoms with Gasteiger partial charge < -0.3 is 10.1 Å². The maximum atomic E-state index is 13.3. The van der Waals surface area contributed by atoms with Gasteiger partial charge in [0.1, 0.15) is 18.2 Å². The quantitative estimate of drug-likeness (QED) is 0.461. The number of aromatic nitrogens is 3. The van der Waals surface area contributed by atoms with E-state index < -0.39 is 0 Å². The van der Waals surface area contributed by atoms with Crippen LogP contribution < -0.4 is 10.1 Å².